The van der Waals surface area contributed by atoms with Crippen molar-refractivity contribution in [2.45, 2.75) is 38.6 Å². The molecule has 0 spiro atoms. The molecule has 20 heavy (non-hydrogen) atoms. The molecule has 114 valence electrons. The lowest BCUT2D eigenvalue weighted by atomic mass is 10.1. The summed E-state index contributed by atoms with van der Waals surface area (Å²) in [6.07, 6.45) is 1.05. The number of benzene rings is 1. The van der Waals surface area contributed by atoms with E-state index < -0.39 is 10.0 Å². The lowest BCUT2D eigenvalue weighted by molar-refractivity contribution is 0.485. The highest BCUT2D eigenvalue weighted by Crippen LogP contribution is 2.29. The van der Waals surface area contributed by atoms with Gasteiger partial charge in [0.2, 0.25) is 10.0 Å². The Morgan fingerprint density at radius 3 is 2.50 bits per heavy atom. The van der Waals surface area contributed by atoms with Gasteiger partial charge >= 0.3 is 0 Å². The van der Waals surface area contributed by atoms with Crippen LogP contribution in [0.4, 0.5) is 0 Å². The minimum Gasteiger partial charge on any atom is -0.313 e. The molecular weight excluding hydrogens is 340 g/mol. The zero-order valence-electron chi connectivity index (χ0n) is 12.5. The lowest BCUT2D eigenvalue weighted by Crippen LogP contribution is -2.27. The fourth-order valence-corrected chi connectivity index (χ4v) is 4.05. The molecular formula is C14H23BrN2O2S. The highest BCUT2D eigenvalue weighted by molar-refractivity contribution is 9.10. The van der Waals surface area contributed by atoms with Crippen LogP contribution in [0.15, 0.2) is 21.5 Å². The van der Waals surface area contributed by atoms with E-state index in [1.807, 2.05) is 19.9 Å². The first-order valence-electron chi connectivity index (χ1n) is 6.80. The molecule has 0 unspecified atom stereocenters. The smallest absolute Gasteiger partial charge is 0.243 e. The van der Waals surface area contributed by atoms with E-state index in [1.165, 1.54) is 4.31 Å². The van der Waals surface area contributed by atoms with Gasteiger partial charge in [-0.3, -0.25) is 0 Å². The van der Waals surface area contributed by atoms with Crippen LogP contribution in [0.25, 0.3) is 0 Å². The van der Waals surface area contributed by atoms with Crippen molar-refractivity contribution in [3.63, 3.8) is 0 Å². The van der Waals surface area contributed by atoms with Gasteiger partial charge in [-0.25, -0.2) is 12.7 Å². The van der Waals surface area contributed by atoms with Crippen LogP contribution in [0.3, 0.4) is 0 Å². The maximum atomic E-state index is 12.5. The van der Waals surface area contributed by atoms with Crippen molar-refractivity contribution in [2.75, 3.05) is 20.1 Å². The number of nitrogens with one attached hydrogen (secondary N) is 1. The molecule has 0 heterocycles. The predicted molar refractivity (Wildman–Crippen MR) is 86.4 cm³/mol. The average molecular weight is 363 g/mol. The topological polar surface area (TPSA) is 49.4 Å². The summed E-state index contributed by atoms with van der Waals surface area (Å²) in [4.78, 5) is 0.343. The second-order valence-corrected chi connectivity index (χ2v) is 7.63. The minimum atomic E-state index is -3.44. The van der Waals surface area contributed by atoms with Crippen LogP contribution in [0.2, 0.25) is 0 Å². The largest absolute Gasteiger partial charge is 0.313 e. The molecule has 0 amide bonds. The van der Waals surface area contributed by atoms with Gasteiger partial charge in [0.25, 0.3) is 0 Å². The number of halogens is 1. The third-order valence-electron chi connectivity index (χ3n) is 3.17. The maximum Gasteiger partial charge on any atom is 0.243 e. The number of sulfonamides is 1. The molecule has 1 N–H and O–H groups in total. The standard InChI is InChI=1S/C14H23BrN2O2S/c1-5-7-16-10-12-8-11(3)14(15)13(9-12)20(18,19)17(4)6-2/h8-9,16H,5-7,10H2,1-4H3. The van der Waals surface area contributed by atoms with Crippen molar-refractivity contribution in [2.24, 2.45) is 0 Å². The Balaban J connectivity index is 3.19. The van der Waals surface area contributed by atoms with Crippen molar-refractivity contribution >= 4 is 26.0 Å². The van der Waals surface area contributed by atoms with Crippen LogP contribution in [0, 0.1) is 6.92 Å². The van der Waals surface area contributed by atoms with E-state index in [4.69, 9.17) is 0 Å². The van der Waals surface area contributed by atoms with Gasteiger partial charge in [-0.2, -0.15) is 0 Å². The summed E-state index contributed by atoms with van der Waals surface area (Å²) in [5.74, 6) is 0. The molecule has 0 saturated heterocycles. The van der Waals surface area contributed by atoms with Crippen LogP contribution in [0.5, 0.6) is 0 Å². The van der Waals surface area contributed by atoms with Gasteiger partial charge in [0, 0.05) is 24.6 Å². The first-order valence-corrected chi connectivity index (χ1v) is 9.04. The Kier molecular flexibility index (Phi) is 6.64. The van der Waals surface area contributed by atoms with Crippen molar-refractivity contribution in [1.82, 2.24) is 9.62 Å². The van der Waals surface area contributed by atoms with Gasteiger partial charge in [-0.15, -0.1) is 0 Å². The third-order valence-corrected chi connectivity index (χ3v) is 6.44. The molecule has 0 radical (unpaired) electrons. The first kappa shape index (κ1) is 17.6. The normalized spacial score (nSPS) is 12.1. The zero-order chi connectivity index (χ0) is 15.3. The highest BCUT2D eigenvalue weighted by atomic mass is 79.9. The zero-order valence-corrected chi connectivity index (χ0v) is 14.9. The van der Waals surface area contributed by atoms with Gasteiger partial charge in [-0.1, -0.05) is 19.9 Å². The number of nitrogens with zero attached hydrogens (tertiary/aromatic N) is 1. The van der Waals surface area contributed by atoms with Crippen LogP contribution in [0.1, 0.15) is 31.4 Å². The molecule has 0 aliphatic carbocycles. The molecule has 0 aliphatic heterocycles. The summed E-state index contributed by atoms with van der Waals surface area (Å²) in [7, 11) is -1.84. The monoisotopic (exact) mass is 362 g/mol. The molecule has 0 aromatic heterocycles. The van der Waals surface area contributed by atoms with Crippen LogP contribution in [-0.4, -0.2) is 32.9 Å². The van der Waals surface area contributed by atoms with Crippen LogP contribution < -0.4 is 5.32 Å². The lowest BCUT2D eigenvalue weighted by Gasteiger charge is -2.18. The maximum absolute atomic E-state index is 12.5. The molecule has 4 nitrogen and oxygen atoms in total. The van der Waals surface area contributed by atoms with E-state index in [1.54, 1.807) is 13.1 Å². The van der Waals surface area contributed by atoms with E-state index in [0.717, 1.165) is 24.1 Å². The number of rotatable bonds is 7. The van der Waals surface area contributed by atoms with Crippen molar-refractivity contribution < 1.29 is 8.42 Å². The molecule has 1 aromatic carbocycles. The summed E-state index contributed by atoms with van der Waals surface area (Å²) in [5.41, 5.74) is 1.92. The summed E-state index contributed by atoms with van der Waals surface area (Å²) in [6, 6.07) is 3.76. The van der Waals surface area contributed by atoms with E-state index >= 15 is 0 Å². The fraction of sp³-hybridized carbons (Fsp3) is 0.571. The highest BCUT2D eigenvalue weighted by Gasteiger charge is 2.23. The van der Waals surface area contributed by atoms with Crippen LogP contribution in [-0.2, 0) is 16.6 Å². The van der Waals surface area contributed by atoms with E-state index in [2.05, 4.69) is 28.2 Å². The third kappa shape index (κ3) is 4.04. The first-order chi connectivity index (χ1) is 9.34. The summed E-state index contributed by atoms with van der Waals surface area (Å²) in [5, 5.41) is 3.30. The average Bonchev–Trinajstić information content (AvgIpc) is 2.41. The van der Waals surface area contributed by atoms with E-state index in [0.29, 0.717) is 22.5 Å². The predicted octanol–water partition coefficient (Wildman–Crippen LogP) is 2.90. The molecule has 0 fully saturated rings. The SMILES string of the molecule is CCCNCc1cc(C)c(Br)c(S(=O)(=O)N(C)CC)c1. The summed E-state index contributed by atoms with van der Waals surface area (Å²) < 4.78 is 27.0. The van der Waals surface area contributed by atoms with Gasteiger partial charge in [0.05, 0.1) is 4.90 Å². The minimum absolute atomic E-state index is 0.343. The summed E-state index contributed by atoms with van der Waals surface area (Å²) in [6.45, 7) is 7.90. The Morgan fingerprint density at radius 2 is 1.95 bits per heavy atom. The van der Waals surface area contributed by atoms with Gasteiger partial charge < -0.3 is 5.32 Å². The number of aryl methyl sites for hydroxylation is 1. The Labute approximate surface area is 130 Å². The molecule has 0 bridgehead atoms. The Hall–Kier alpha value is -0.430. The van der Waals surface area contributed by atoms with Crippen LogP contribution >= 0.6 is 15.9 Å². The molecule has 0 atom stereocenters. The van der Waals surface area contributed by atoms with Crippen molar-refractivity contribution in [1.29, 1.82) is 0 Å². The van der Waals surface area contributed by atoms with Gasteiger partial charge in [0.15, 0.2) is 0 Å². The van der Waals surface area contributed by atoms with Crippen molar-refractivity contribution in [3.05, 3.63) is 27.7 Å². The fourth-order valence-electron chi connectivity index (χ4n) is 1.85. The number of hydrogen-bond acceptors (Lipinski definition) is 3. The molecule has 0 aliphatic rings. The number of hydrogen-bond donors (Lipinski definition) is 1. The quantitative estimate of drug-likeness (QED) is 0.758. The Bertz CT molecular complexity index is 559. The second-order valence-electron chi connectivity index (χ2n) is 4.82. The molecule has 6 heteroatoms. The van der Waals surface area contributed by atoms with Gasteiger partial charge in [0.1, 0.15) is 0 Å². The van der Waals surface area contributed by atoms with E-state index in [-0.39, 0.29) is 0 Å². The van der Waals surface area contributed by atoms with Crippen molar-refractivity contribution in [3.8, 4) is 0 Å². The summed E-state index contributed by atoms with van der Waals surface area (Å²) >= 11 is 3.40. The molecule has 1 aromatic rings. The second kappa shape index (κ2) is 7.54. The van der Waals surface area contributed by atoms with Gasteiger partial charge in [-0.05, 0) is 53.0 Å². The van der Waals surface area contributed by atoms with E-state index in [9.17, 15) is 8.42 Å². The molecule has 1 rings (SSSR count). The Morgan fingerprint density at radius 1 is 1.30 bits per heavy atom. The molecule has 0 saturated carbocycles.